The highest BCUT2D eigenvalue weighted by Gasteiger charge is 2.09. The van der Waals surface area contributed by atoms with Gasteiger partial charge in [0.05, 0.1) is 18.9 Å². The minimum absolute atomic E-state index is 0.328. The Bertz CT molecular complexity index is 488. The predicted molar refractivity (Wildman–Crippen MR) is 46.9 cm³/mol. The van der Waals surface area contributed by atoms with Crippen molar-refractivity contribution in [1.29, 1.82) is 0 Å². The first kappa shape index (κ1) is 8.49. The van der Waals surface area contributed by atoms with E-state index < -0.39 is 5.76 Å². The number of aromatic amines is 1. The Labute approximate surface area is 78.5 Å². The fraction of sp³-hybridized carbons (Fsp3) is 0.125. The monoisotopic (exact) mass is 193 g/mol. The first-order valence-corrected chi connectivity index (χ1v) is 3.85. The minimum atomic E-state index is -0.598. The van der Waals surface area contributed by atoms with E-state index in [2.05, 4.69) is 19.6 Å². The van der Waals surface area contributed by atoms with Crippen molar-refractivity contribution in [3.8, 4) is 17.1 Å². The molecule has 0 fully saturated rings. The second-order valence-corrected chi connectivity index (χ2v) is 2.52. The van der Waals surface area contributed by atoms with Crippen LogP contribution in [0.25, 0.3) is 11.4 Å². The highest BCUT2D eigenvalue weighted by atomic mass is 16.5. The number of hydrogen-bond acceptors (Lipinski definition) is 5. The molecule has 14 heavy (non-hydrogen) atoms. The molecule has 0 spiro atoms. The summed E-state index contributed by atoms with van der Waals surface area (Å²) in [6.07, 6.45) is 3.10. The molecule has 0 aliphatic rings. The second kappa shape index (κ2) is 3.33. The van der Waals surface area contributed by atoms with Gasteiger partial charge in [0, 0.05) is 6.20 Å². The average Bonchev–Trinajstić information content (AvgIpc) is 2.65. The third kappa shape index (κ3) is 1.37. The molecular formula is C8H7N3O3. The number of nitrogens with one attached hydrogen (secondary N) is 1. The van der Waals surface area contributed by atoms with Crippen LogP contribution in [-0.4, -0.2) is 22.2 Å². The highest BCUT2D eigenvalue weighted by molar-refractivity contribution is 5.61. The molecule has 0 aliphatic heterocycles. The standard InChI is InChI=1S/C8H7N3O3/c1-13-6-4-9-3-2-5(6)7-10-8(12)14-11-7/h2-4H,1H3,(H,10,11,12). The third-order valence-electron chi connectivity index (χ3n) is 1.70. The van der Waals surface area contributed by atoms with E-state index in [1.54, 1.807) is 12.3 Å². The molecule has 72 valence electrons. The molecule has 0 atom stereocenters. The molecule has 6 nitrogen and oxygen atoms in total. The molecule has 2 aromatic heterocycles. The van der Waals surface area contributed by atoms with E-state index in [0.29, 0.717) is 17.1 Å². The van der Waals surface area contributed by atoms with Crippen LogP contribution in [0.3, 0.4) is 0 Å². The van der Waals surface area contributed by atoms with Crippen LogP contribution in [-0.2, 0) is 0 Å². The zero-order valence-corrected chi connectivity index (χ0v) is 7.35. The summed E-state index contributed by atoms with van der Waals surface area (Å²) in [7, 11) is 1.51. The Morgan fingerprint density at radius 1 is 1.57 bits per heavy atom. The maximum absolute atomic E-state index is 10.7. The quantitative estimate of drug-likeness (QED) is 0.748. The van der Waals surface area contributed by atoms with Gasteiger partial charge in [0.15, 0.2) is 5.82 Å². The summed E-state index contributed by atoms with van der Waals surface area (Å²) in [5, 5.41) is 3.54. The summed E-state index contributed by atoms with van der Waals surface area (Å²) in [5.74, 6) is 0.255. The van der Waals surface area contributed by atoms with Crippen molar-refractivity contribution in [2.75, 3.05) is 7.11 Å². The molecule has 0 radical (unpaired) electrons. The fourth-order valence-corrected chi connectivity index (χ4v) is 1.08. The zero-order valence-electron chi connectivity index (χ0n) is 7.35. The summed E-state index contributed by atoms with van der Waals surface area (Å²) in [4.78, 5) is 17.0. The zero-order chi connectivity index (χ0) is 9.97. The molecule has 0 saturated heterocycles. The van der Waals surface area contributed by atoms with Crippen LogP contribution in [0, 0.1) is 0 Å². The Balaban J connectivity index is 2.55. The summed E-state index contributed by atoms with van der Waals surface area (Å²) in [6.45, 7) is 0. The number of methoxy groups -OCH3 is 1. The van der Waals surface area contributed by atoms with E-state index in [4.69, 9.17) is 4.74 Å². The number of pyridine rings is 1. The van der Waals surface area contributed by atoms with Crippen molar-refractivity contribution in [2.45, 2.75) is 0 Å². The molecule has 0 unspecified atom stereocenters. The van der Waals surface area contributed by atoms with Gasteiger partial charge in [-0.3, -0.25) is 14.5 Å². The van der Waals surface area contributed by atoms with Crippen LogP contribution in [0.4, 0.5) is 0 Å². The van der Waals surface area contributed by atoms with E-state index in [1.165, 1.54) is 13.3 Å². The van der Waals surface area contributed by atoms with Crippen molar-refractivity contribution < 1.29 is 9.26 Å². The van der Waals surface area contributed by atoms with Crippen LogP contribution in [0.5, 0.6) is 5.75 Å². The van der Waals surface area contributed by atoms with Gasteiger partial charge in [0.2, 0.25) is 0 Å². The van der Waals surface area contributed by atoms with E-state index in [9.17, 15) is 4.79 Å². The van der Waals surface area contributed by atoms with Crippen LogP contribution in [0.1, 0.15) is 0 Å². The van der Waals surface area contributed by atoms with Crippen molar-refractivity contribution in [3.63, 3.8) is 0 Å². The minimum Gasteiger partial charge on any atom is -0.494 e. The lowest BCUT2D eigenvalue weighted by Crippen LogP contribution is -1.96. The molecule has 0 aromatic carbocycles. The van der Waals surface area contributed by atoms with Gasteiger partial charge < -0.3 is 4.74 Å². The van der Waals surface area contributed by atoms with Gasteiger partial charge >= 0.3 is 5.76 Å². The molecule has 1 N–H and O–H groups in total. The van der Waals surface area contributed by atoms with Crippen LogP contribution in [0.15, 0.2) is 27.8 Å². The number of rotatable bonds is 2. The molecule has 2 rings (SSSR count). The van der Waals surface area contributed by atoms with Crippen molar-refractivity contribution in [1.82, 2.24) is 15.1 Å². The second-order valence-electron chi connectivity index (χ2n) is 2.52. The summed E-state index contributed by atoms with van der Waals surface area (Å²) >= 11 is 0. The number of H-pyrrole nitrogens is 1. The van der Waals surface area contributed by atoms with Gasteiger partial charge in [0.25, 0.3) is 0 Å². The third-order valence-corrected chi connectivity index (χ3v) is 1.70. The lowest BCUT2D eigenvalue weighted by molar-refractivity contribution is 0.386. The van der Waals surface area contributed by atoms with Gasteiger partial charge in [0.1, 0.15) is 5.75 Å². The van der Waals surface area contributed by atoms with E-state index in [0.717, 1.165) is 0 Å². The van der Waals surface area contributed by atoms with Crippen LogP contribution >= 0.6 is 0 Å². The Kier molecular flexibility index (Phi) is 2.02. The van der Waals surface area contributed by atoms with E-state index >= 15 is 0 Å². The van der Waals surface area contributed by atoms with E-state index in [-0.39, 0.29) is 0 Å². The van der Waals surface area contributed by atoms with Crippen LogP contribution in [0.2, 0.25) is 0 Å². The SMILES string of the molecule is COc1cnccc1-c1noc(=O)[nH]1. The number of hydrogen-bond donors (Lipinski definition) is 1. The van der Waals surface area contributed by atoms with E-state index in [1.807, 2.05) is 0 Å². The normalized spacial score (nSPS) is 10.1. The summed E-state index contributed by atoms with van der Waals surface area (Å²) in [5.41, 5.74) is 0.633. The molecule has 2 heterocycles. The summed E-state index contributed by atoms with van der Waals surface area (Å²) in [6, 6.07) is 1.67. The van der Waals surface area contributed by atoms with Gasteiger partial charge in [-0.25, -0.2) is 4.79 Å². The molecule has 0 aliphatic carbocycles. The molecule has 0 saturated carbocycles. The number of nitrogens with zero attached hydrogens (tertiary/aromatic N) is 2. The molecule has 2 aromatic rings. The molecule has 6 heteroatoms. The van der Waals surface area contributed by atoms with Crippen molar-refractivity contribution in [3.05, 3.63) is 29.0 Å². The van der Waals surface area contributed by atoms with Gasteiger partial charge in [-0.15, -0.1) is 0 Å². The van der Waals surface area contributed by atoms with Crippen LogP contribution < -0.4 is 10.5 Å². The smallest absolute Gasteiger partial charge is 0.439 e. The number of ether oxygens (including phenoxy) is 1. The van der Waals surface area contributed by atoms with Gasteiger partial charge in [-0.1, -0.05) is 5.16 Å². The van der Waals surface area contributed by atoms with Crippen molar-refractivity contribution in [2.24, 2.45) is 0 Å². The van der Waals surface area contributed by atoms with Crippen molar-refractivity contribution >= 4 is 0 Å². The Morgan fingerprint density at radius 3 is 3.07 bits per heavy atom. The maximum Gasteiger partial charge on any atom is 0.439 e. The van der Waals surface area contributed by atoms with Gasteiger partial charge in [-0.2, -0.15) is 0 Å². The first-order valence-electron chi connectivity index (χ1n) is 3.85. The van der Waals surface area contributed by atoms with Gasteiger partial charge in [-0.05, 0) is 6.07 Å². The lowest BCUT2D eigenvalue weighted by Gasteiger charge is -2.02. The molecule has 0 amide bonds. The predicted octanol–water partition coefficient (Wildman–Crippen LogP) is 0.433. The first-order chi connectivity index (χ1) is 6.81. The molecular weight excluding hydrogens is 186 g/mol. The maximum atomic E-state index is 10.7. The fourth-order valence-electron chi connectivity index (χ4n) is 1.08. The average molecular weight is 193 g/mol. The molecule has 0 bridgehead atoms. The largest absolute Gasteiger partial charge is 0.494 e. The topological polar surface area (TPSA) is 81.0 Å². The summed E-state index contributed by atoms with van der Waals surface area (Å²) < 4.78 is 9.42. The Hall–Kier alpha value is -2.11. The number of aromatic nitrogens is 3. The lowest BCUT2D eigenvalue weighted by atomic mass is 10.2. The Morgan fingerprint density at radius 2 is 2.43 bits per heavy atom. The highest BCUT2D eigenvalue weighted by Crippen LogP contribution is 2.24.